The lowest BCUT2D eigenvalue weighted by atomic mass is 9.77. The van der Waals surface area contributed by atoms with Crippen LogP contribution in [0.15, 0.2) is 11.5 Å². The van der Waals surface area contributed by atoms with Gasteiger partial charge in [-0.1, -0.05) is 11.5 Å². The largest absolute Gasteiger partial charge is 0.487 e. The quantitative estimate of drug-likeness (QED) is 0.665. The maximum absolute atomic E-state index is 6.06. The van der Waals surface area contributed by atoms with Crippen LogP contribution >= 0.6 is 0 Å². The minimum Gasteiger partial charge on any atom is -0.400 e. The van der Waals surface area contributed by atoms with Crippen LogP contribution in [-0.2, 0) is 9.31 Å². The molecule has 0 radical (unpaired) electrons. The van der Waals surface area contributed by atoms with Crippen LogP contribution < -0.4 is 0 Å². The SMILES string of the molecule is CC1(C)OB(/C=C2\CN3CCC2CC3)OC1(C)C. The van der Waals surface area contributed by atoms with Gasteiger partial charge in [0.1, 0.15) is 0 Å². The molecule has 2 bridgehead atoms. The summed E-state index contributed by atoms with van der Waals surface area (Å²) in [4.78, 5) is 2.54. The van der Waals surface area contributed by atoms with Crippen molar-refractivity contribution in [3.05, 3.63) is 11.5 Å². The van der Waals surface area contributed by atoms with Gasteiger partial charge in [0.2, 0.25) is 0 Å². The molecule has 0 saturated carbocycles. The Bertz CT molecular complexity index is 354. The van der Waals surface area contributed by atoms with Crippen molar-refractivity contribution in [3.8, 4) is 0 Å². The highest BCUT2D eigenvalue weighted by Crippen LogP contribution is 2.39. The molecule has 4 fully saturated rings. The molecule has 4 aliphatic heterocycles. The number of rotatable bonds is 1. The smallest absolute Gasteiger partial charge is 0.400 e. The zero-order valence-corrected chi connectivity index (χ0v) is 12.0. The van der Waals surface area contributed by atoms with Crippen molar-refractivity contribution in [2.24, 2.45) is 5.92 Å². The van der Waals surface area contributed by atoms with Gasteiger partial charge in [0, 0.05) is 6.54 Å². The normalized spacial score (nSPS) is 39.6. The van der Waals surface area contributed by atoms with Gasteiger partial charge in [-0.05, 0) is 59.5 Å². The van der Waals surface area contributed by atoms with Crippen LogP contribution in [0, 0.1) is 5.92 Å². The lowest BCUT2D eigenvalue weighted by molar-refractivity contribution is 0.00578. The van der Waals surface area contributed by atoms with Crippen molar-refractivity contribution in [1.29, 1.82) is 0 Å². The van der Waals surface area contributed by atoms with Gasteiger partial charge in [-0.3, -0.25) is 4.90 Å². The highest BCUT2D eigenvalue weighted by molar-refractivity contribution is 6.51. The molecular formula is C14H24BNO2. The van der Waals surface area contributed by atoms with Gasteiger partial charge in [0.05, 0.1) is 11.2 Å². The average molecular weight is 249 g/mol. The molecule has 4 heterocycles. The fraction of sp³-hybridized carbons (Fsp3) is 0.857. The molecule has 0 aromatic carbocycles. The molecule has 4 heteroatoms. The fourth-order valence-corrected chi connectivity index (χ4v) is 3.17. The lowest BCUT2D eigenvalue weighted by Crippen LogP contribution is -2.43. The Morgan fingerprint density at radius 3 is 2.11 bits per heavy atom. The molecule has 0 aliphatic carbocycles. The van der Waals surface area contributed by atoms with E-state index in [-0.39, 0.29) is 18.3 Å². The number of piperidine rings is 3. The Balaban J connectivity index is 1.74. The van der Waals surface area contributed by atoms with Crippen molar-refractivity contribution < 1.29 is 9.31 Å². The van der Waals surface area contributed by atoms with Crippen molar-refractivity contribution in [1.82, 2.24) is 4.90 Å². The monoisotopic (exact) mass is 249 g/mol. The van der Waals surface area contributed by atoms with Gasteiger partial charge in [-0.25, -0.2) is 0 Å². The van der Waals surface area contributed by atoms with E-state index >= 15 is 0 Å². The van der Waals surface area contributed by atoms with Crippen LogP contribution in [0.25, 0.3) is 0 Å². The molecule has 4 saturated heterocycles. The van der Waals surface area contributed by atoms with E-state index in [9.17, 15) is 0 Å². The lowest BCUT2D eigenvalue weighted by Gasteiger charge is -2.41. The molecule has 3 nitrogen and oxygen atoms in total. The Hall–Kier alpha value is -0.315. The van der Waals surface area contributed by atoms with Gasteiger partial charge in [0.25, 0.3) is 0 Å². The Morgan fingerprint density at radius 2 is 1.67 bits per heavy atom. The molecule has 0 amide bonds. The third kappa shape index (κ3) is 2.04. The molecule has 0 unspecified atom stereocenters. The summed E-state index contributed by atoms with van der Waals surface area (Å²) < 4.78 is 12.1. The van der Waals surface area contributed by atoms with Crippen molar-refractivity contribution in [2.45, 2.75) is 51.7 Å². The van der Waals surface area contributed by atoms with Crippen LogP contribution in [0.3, 0.4) is 0 Å². The molecule has 100 valence electrons. The molecule has 0 spiro atoms. The van der Waals surface area contributed by atoms with Gasteiger partial charge >= 0.3 is 7.12 Å². The first kappa shape index (κ1) is 12.7. The summed E-state index contributed by atoms with van der Waals surface area (Å²) >= 11 is 0. The minimum absolute atomic E-state index is 0.162. The topological polar surface area (TPSA) is 21.7 Å². The third-order valence-corrected chi connectivity index (χ3v) is 5.14. The minimum atomic E-state index is -0.220. The van der Waals surface area contributed by atoms with E-state index in [2.05, 4.69) is 38.6 Å². The first-order chi connectivity index (χ1) is 8.37. The summed E-state index contributed by atoms with van der Waals surface area (Å²) in [5.41, 5.74) is 1.09. The fourth-order valence-electron chi connectivity index (χ4n) is 3.17. The van der Waals surface area contributed by atoms with E-state index in [1.807, 2.05) is 0 Å². The summed E-state index contributed by atoms with van der Waals surface area (Å²) in [7, 11) is -0.162. The van der Waals surface area contributed by atoms with Crippen LogP contribution in [0.2, 0.25) is 0 Å². The van der Waals surface area contributed by atoms with Crippen LogP contribution in [0.1, 0.15) is 40.5 Å². The molecule has 0 N–H and O–H groups in total. The summed E-state index contributed by atoms with van der Waals surface area (Å²) in [6.07, 6.45) is 2.62. The number of fused-ring (bicyclic) bond motifs is 3. The van der Waals surface area contributed by atoms with E-state index in [4.69, 9.17) is 9.31 Å². The van der Waals surface area contributed by atoms with E-state index in [0.29, 0.717) is 0 Å². The summed E-state index contributed by atoms with van der Waals surface area (Å²) in [5.74, 6) is 3.01. The maximum Gasteiger partial charge on any atom is 0.487 e. The maximum atomic E-state index is 6.06. The van der Waals surface area contributed by atoms with Crippen molar-refractivity contribution in [3.63, 3.8) is 0 Å². The summed E-state index contributed by atoms with van der Waals surface area (Å²) in [5, 5.41) is 0. The van der Waals surface area contributed by atoms with Gasteiger partial charge in [-0.15, -0.1) is 0 Å². The number of nitrogens with zero attached hydrogens (tertiary/aromatic N) is 1. The number of hydrogen-bond donors (Lipinski definition) is 0. The van der Waals surface area contributed by atoms with E-state index < -0.39 is 0 Å². The van der Waals surface area contributed by atoms with Crippen LogP contribution in [0.4, 0.5) is 0 Å². The third-order valence-electron chi connectivity index (χ3n) is 5.14. The molecule has 4 rings (SSSR count). The predicted molar refractivity (Wildman–Crippen MR) is 73.3 cm³/mol. The van der Waals surface area contributed by atoms with E-state index in [0.717, 1.165) is 12.5 Å². The zero-order chi connectivity index (χ0) is 13.0. The van der Waals surface area contributed by atoms with Gasteiger partial charge in [-0.2, -0.15) is 0 Å². The zero-order valence-electron chi connectivity index (χ0n) is 12.0. The predicted octanol–water partition coefficient (Wildman–Crippen LogP) is 2.27. The summed E-state index contributed by atoms with van der Waals surface area (Å²) in [6, 6.07) is 0. The standard InChI is InChI=1S/C14H24BNO2/c1-13(2)14(3,4)18-15(17-13)9-12-10-16-7-5-11(12)6-8-16/h9,11H,5-8,10H2,1-4H3/b12-9+. The Kier molecular flexibility index (Phi) is 2.89. The van der Waals surface area contributed by atoms with E-state index in [1.165, 1.54) is 31.5 Å². The molecule has 18 heavy (non-hydrogen) atoms. The van der Waals surface area contributed by atoms with Crippen LogP contribution in [0.5, 0.6) is 0 Å². The summed E-state index contributed by atoms with van der Waals surface area (Å²) in [6.45, 7) is 12.1. The molecule has 0 atom stereocenters. The van der Waals surface area contributed by atoms with Crippen molar-refractivity contribution in [2.75, 3.05) is 19.6 Å². The second-order valence-electron chi connectivity index (χ2n) is 6.92. The average Bonchev–Trinajstić information content (AvgIpc) is 2.48. The first-order valence-electron chi connectivity index (χ1n) is 7.16. The second-order valence-corrected chi connectivity index (χ2v) is 6.92. The van der Waals surface area contributed by atoms with Crippen LogP contribution in [-0.4, -0.2) is 42.9 Å². The van der Waals surface area contributed by atoms with E-state index in [1.54, 1.807) is 0 Å². The van der Waals surface area contributed by atoms with Gasteiger partial charge < -0.3 is 9.31 Å². The highest BCUT2D eigenvalue weighted by atomic mass is 16.7. The molecule has 0 aromatic heterocycles. The number of hydrogen-bond acceptors (Lipinski definition) is 3. The Morgan fingerprint density at radius 1 is 1.11 bits per heavy atom. The highest BCUT2D eigenvalue weighted by Gasteiger charge is 2.50. The second kappa shape index (κ2) is 4.09. The first-order valence-corrected chi connectivity index (χ1v) is 7.16. The molecule has 4 aliphatic rings. The Labute approximate surface area is 111 Å². The van der Waals surface area contributed by atoms with Gasteiger partial charge in [0.15, 0.2) is 0 Å². The molecular weight excluding hydrogens is 225 g/mol. The van der Waals surface area contributed by atoms with Crippen molar-refractivity contribution >= 4 is 7.12 Å². The molecule has 0 aromatic rings.